The number of benzene rings is 1. The van der Waals surface area contributed by atoms with E-state index in [0.29, 0.717) is 5.56 Å². The summed E-state index contributed by atoms with van der Waals surface area (Å²) in [5, 5.41) is 9.71. The van der Waals surface area contributed by atoms with Crippen LogP contribution >= 0.6 is 8.25 Å². The molecule has 0 heterocycles. The maximum atomic E-state index is 10.9. The highest BCUT2D eigenvalue weighted by atomic mass is 31.1. The highest BCUT2D eigenvalue weighted by molar-refractivity contribution is 7.32. The van der Waals surface area contributed by atoms with Crippen molar-refractivity contribution in [2.75, 3.05) is 0 Å². The average Bonchev–Trinajstić information content (AvgIpc) is 2.24. The molecule has 2 N–H and O–H groups in total. The van der Waals surface area contributed by atoms with E-state index in [1.807, 2.05) is 6.07 Å². The van der Waals surface area contributed by atoms with Crippen molar-refractivity contribution in [2.45, 2.75) is 59.0 Å². The van der Waals surface area contributed by atoms with Crippen LogP contribution < -0.4 is 4.52 Å². The van der Waals surface area contributed by atoms with Crippen molar-refractivity contribution in [2.24, 2.45) is 0 Å². The van der Waals surface area contributed by atoms with Gasteiger partial charge in [0.05, 0.1) is 6.61 Å². The second-order valence-corrected chi connectivity index (χ2v) is 7.61. The van der Waals surface area contributed by atoms with Crippen molar-refractivity contribution in [1.29, 1.82) is 0 Å². The molecule has 1 aromatic carbocycles. The van der Waals surface area contributed by atoms with E-state index < -0.39 is 8.25 Å². The van der Waals surface area contributed by atoms with Crippen molar-refractivity contribution in [3.05, 3.63) is 28.8 Å². The molecule has 0 aliphatic carbocycles. The maximum absolute atomic E-state index is 10.9. The maximum Gasteiger partial charge on any atom is 0.747 e. The van der Waals surface area contributed by atoms with Crippen molar-refractivity contribution in [3.8, 4) is 5.75 Å². The molecule has 0 saturated carbocycles. The Hall–Kier alpha value is -0.960. The van der Waals surface area contributed by atoms with Gasteiger partial charge in [0.15, 0.2) is 5.75 Å². The molecular formula is C15H24O4P+. The molecule has 0 bridgehead atoms. The van der Waals surface area contributed by atoms with E-state index in [2.05, 4.69) is 41.5 Å². The SMILES string of the molecule is CC(C)(C)c1ccc(O[P+](=O)O)c(CO)c1C(C)(C)C. The summed E-state index contributed by atoms with van der Waals surface area (Å²) < 4.78 is 15.9. The fourth-order valence-electron chi connectivity index (χ4n) is 2.44. The average molecular weight is 299 g/mol. The first kappa shape index (κ1) is 17.1. The lowest BCUT2D eigenvalue weighted by molar-refractivity contribution is 0.273. The number of rotatable bonds is 3. The summed E-state index contributed by atoms with van der Waals surface area (Å²) in [7, 11) is -2.75. The zero-order valence-electron chi connectivity index (χ0n) is 13.0. The van der Waals surface area contributed by atoms with Gasteiger partial charge in [-0.05, 0) is 28.0 Å². The summed E-state index contributed by atoms with van der Waals surface area (Å²) in [5.74, 6) is 0.272. The van der Waals surface area contributed by atoms with Gasteiger partial charge in [0, 0.05) is 10.1 Å². The van der Waals surface area contributed by atoms with Crippen LogP contribution in [0.4, 0.5) is 0 Å². The van der Waals surface area contributed by atoms with E-state index in [9.17, 15) is 9.67 Å². The van der Waals surface area contributed by atoms with Gasteiger partial charge < -0.3 is 5.11 Å². The predicted octanol–water partition coefficient (Wildman–Crippen LogP) is 3.80. The molecule has 0 radical (unpaired) electrons. The van der Waals surface area contributed by atoms with Crippen molar-refractivity contribution in [3.63, 3.8) is 0 Å². The van der Waals surface area contributed by atoms with Crippen LogP contribution in [0.5, 0.6) is 5.75 Å². The van der Waals surface area contributed by atoms with Gasteiger partial charge in [-0.1, -0.05) is 47.6 Å². The second-order valence-electron chi connectivity index (χ2n) is 6.95. The van der Waals surface area contributed by atoms with Gasteiger partial charge in [-0.2, -0.15) is 0 Å². The molecule has 0 aromatic heterocycles. The molecule has 4 nitrogen and oxygen atoms in total. The van der Waals surface area contributed by atoms with Crippen LogP contribution in [-0.4, -0.2) is 10.00 Å². The number of hydrogen-bond acceptors (Lipinski definition) is 3. The highest BCUT2D eigenvalue weighted by Crippen LogP contribution is 2.41. The summed E-state index contributed by atoms with van der Waals surface area (Å²) in [4.78, 5) is 8.95. The minimum absolute atomic E-state index is 0.0908. The molecule has 0 amide bonds. The molecule has 1 unspecified atom stereocenters. The zero-order chi connectivity index (χ0) is 15.7. The summed E-state index contributed by atoms with van der Waals surface area (Å²) in [6, 6.07) is 3.57. The Labute approximate surface area is 121 Å². The van der Waals surface area contributed by atoms with Crippen LogP contribution in [-0.2, 0) is 22.0 Å². The zero-order valence-corrected chi connectivity index (χ0v) is 13.9. The summed E-state index contributed by atoms with van der Waals surface area (Å²) >= 11 is 0. The second kappa shape index (κ2) is 5.80. The predicted molar refractivity (Wildman–Crippen MR) is 80.2 cm³/mol. The van der Waals surface area contributed by atoms with Crippen LogP contribution in [0.1, 0.15) is 58.2 Å². The first-order valence-electron chi connectivity index (χ1n) is 6.60. The van der Waals surface area contributed by atoms with E-state index in [4.69, 9.17) is 9.42 Å². The third-order valence-corrected chi connectivity index (χ3v) is 3.52. The fraction of sp³-hybridized carbons (Fsp3) is 0.600. The minimum atomic E-state index is -2.75. The first-order chi connectivity index (χ1) is 8.98. The Morgan fingerprint density at radius 1 is 1.10 bits per heavy atom. The van der Waals surface area contributed by atoms with Crippen LogP contribution in [0.25, 0.3) is 0 Å². The third kappa shape index (κ3) is 3.78. The number of aliphatic hydroxyl groups excluding tert-OH is 1. The first-order valence-corrected chi connectivity index (χ1v) is 7.73. The molecule has 0 aliphatic heterocycles. The van der Waals surface area contributed by atoms with Gasteiger partial charge in [0.2, 0.25) is 0 Å². The lowest BCUT2D eigenvalue weighted by Gasteiger charge is -2.32. The molecule has 112 valence electrons. The van der Waals surface area contributed by atoms with Gasteiger partial charge in [-0.15, -0.1) is 4.89 Å². The fourth-order valence-corrected chi connectivity index (χ4v) is 2.78. The van der Waals surface area contributed by atoms with Crippen molar-refractivity contribution >= 4 is 8.25 Å². The molecule has 1 aromatic rings. The van der Waals surface area contributed by atoms with E-state index in [0.717, 1.165) is 11.1 Å². The van der Waals surface area contributed by atoms with E-state index >= 15 is 0 Å². The normalized spacial score (nSPS) is 13.3. The lowest BCUT2D eigenvalue weighted by Crippen LogP contribution is -2.24. The van der Waals surface area contributed by atoms with E-state index in [1.165, 1.54) is 0 Å². The quantitative estimate of drug-likeness (QED) is 0.833. The van der Waals surface area contributed by atoms with E-state index in [1.54, 1.807) is 6.07 Å². The molecule has 5 heteroatoms. The minimum Gasteiger partial charge on any atom is -0.392 e. The van der Waals surface area contributed by atoms with Gasteiger partial charge in [0.25, 0.3) is 0 Å². The molecule has 0 spiro atoms. The topological polar surface area (TPSA) is 66.8 Å². The van der Waals surface area contributed by atoms with Crippen LogP contribution in [0.15, 0.2) is 12.1 Å². The Morgan fingerprint density at radius 3 is 2.00 bits per heavy atom. The van der Waals surface area contributed by atoms with Crippen LogP contribution in [0.3, 0.4) is 0 Å². The van der Waals surface area contributed by atoms with Gasteiger partial charge >= 0.3 is 8.25 Å². The Kier molecular flexibility index (Phi) is 4.96. The highest BCUT2D eigenvalue weighted by Gasteiger charge is 2.31. The monoisotopic (exact) mass is 299 g/mol. The van der Waals surface area contributed by atoms with Gasteiger partial charge in [0.1, 0.15) is 0 Å². The molecular weight excluding hydrogens is 275 g/mol. The van der Waals surface area contributed by atoms with Crippen LogP contribution in [0.2, 0.25) is 0 Å². The molecule has 0 saturated heterocycles. The molecule has 0 fully saturated rings. The standard InChI is InChI=1S/C15H23O4P/c1-14(2,3)11-7-8-12(19-20(17)18)10(9-16)13(11)15(4,5)6/h7-8,16H,9H2,1-6H3/p+1. The number of hydrogen-bond donors (Lipinski definition) is 2. The third-order valence-electron chi connectivity index (χ3n) is 3.16. The Morgan fingerprint density at radius 2 is 1.65 bits per heavy atom. The molecule has 1 rings (SSSR count). The summed E-state index contributed by atoms with van der Waals surface area (Å²) in [6.07, 6.45) is 0. The van der Waals surface area contributed by atoms with Crippen molar-refractivity contribution in [1.82, 2.24) is 0 Å². The summed E-state index contributed by atoms with van der Waals surface area (Å²) in [5.41, 5.74) is 2.37. The lowest BCUT2D eigenvalue weighted by atomic mass is 9.73. The molecule has 1 atom stereocenters. The van der Waals surface area contributed by atoms with Crippen LogP contribution in [0, 0.1) is 0 Å². The molecule has 20 heavy (non-hydrogen) atoms. The largest absolute Gasteiger partial charge is 0.747 e. The smallest absolute Gasteiger partial charge is 0.392 e. The summed E-state index contributed by atoms with van der Waals surface area (Å²) in [6.45, 7) is 12.2. The Balaban J connectivity index is 3.64. The number of aliphatic hydroxyl groups is 1. The van der Waals surface area contributed by atoms with E-state index in [-0.39, 0.29) is 23.2 Å². The Bertz CT molecular complexity index is 510. The van der Waals surface area contributed by atoms with Gasteiger partial charge in [-0.25, -0.2) is 4.52 Å². The molecule has 0 aliphatic rings. The van der Waals surface area contributed by atoms with Gasteiger partial charge in [-0.3, -0.25) is 0 Å². The van der Waals surface area contributed by atoms with Crippen molar-refractivity contribution < 1.29 is 19.1 Å².